The summed E-state index contributed by atoms with van der Waals surface area (Å²) in [4.78, 5) is 38.6. The van der Waals surface area contributed by atoms with Crippen LogP contribution in [0.25, 0.3) is 0 Å². The zero-order chi connectivity index (χ0) is 19.6. The molecule has 0 fully saturated rings. The molecule has 11 nitrogen and oxygen atoms in total. The van der Waals surface area contributed by atoms with Crippen molar-refractivity contribution in [3.63, 3.8) is 0 Å². The maximum absolute atomic E-state index is 11.9. The lowest BCUT2D eigenvalue weighted by Crippen LogP contribution is -2.28. The number of aromatic amines is 2. The van der Waals surface area contributed by atoms with Crippen LogP contribution in [0, 0.1) is 0 Å². The zero-order valence-corrected chi connectivity index (χ0v) is 15.0. The third-order valence-corrected chi connectivity index (χ3v) is 3.82. The first-order valence-corrected chi connectivity index (χ1v) is 8.09. The molecule has 0 saturated heterocycles. The fraction of sp³-hybridized carbons (Fsp3) is 0.312. The number of nitrogens with one attached hydrogen (secondary N) is 3. The van der Waals surface area contributed by atoms with E-state index in [-0.39, 0.29) is 24.2 Å². The maximum Gasteiger partial charge on any atom is 0.342 e. The van der Waals surface area contributed by atoms with E-state index in [1.54, 1.807) is 0 Å². The molecule has 0 aliphatic carbocycles. The van der Waals surface area contributed by atoms with Crippen molar-refractivity contribution in [1.82, 2.24) is 20.2 Å². The number of hydrazone groups is 1. The van der Waals surface area contributed by atoms with Crippen LogP contribution >= 0.6 is 0 Å². The van der Waals surface area contributed by atoms with E-state index in [0.717, 1.165) is 11.3 Å². The lowest BCUT2D eigenvalue weighted by atomic mass is 10.1. The molecule has 11 heteroatoms. The summed E-state index contributed by atoms with van der Waals surface area (Å²) in [5, 5.41) is 13.8. The molecule has 1 aromatic heterocycles. The minimum atomic E-state index is -0.705. The van der Waals surface area contributed by atoms with E-state index >= 15 is 0 Å². The van der Waals surface area contributed by atoms with Gasteiger partial charge in [-0.15, -0.1) is 10.2 Å². The van der Waals surface area contributed by atoms with Crippen LogP contribution in [0.3, 0.4) is 0 Å². The number of carbonyl (C=O) groups is 1. The standard InChI is InChI=1S/C16H19N7O4/c1-9(24)23-15(10-4-6-11(7-5-10)22(2)3)27-12(21-23)8-17-13-14(25)18-16(26)20-19-13/h4-7,15H,8H2,1-3H3,(H,17,19)(H2,18,20,25,26)/t15-/m0/s1. The monoisotopic (exact) mass is 373 g/mol. The molecule has 1 aliphatic rings. The normalized spacial score (nSPS) is 15.9. The summed E-state index contributed by atoms with van der Waals surface area (Å²) in [6, 6.07) is 7.54. The van der Waals surface area contributed by atoms with Gasteiger partial charge in [-0.05, 0) is 12.1 Å². The number of amides is 1. The van der Waals surface area contributed by atoms with E-state index in [1.165, 1.54) is 11.9 Å². The predicted octanol–water partition coefficient (Wildman–Crippen LogP) is -0.173. The Kier molecular flexibility index (Phi) is 4.92. The van der Waals surface area contributed by atoms with Crippen LogP contribution in [0.4, 0.5) is 11.5 Å². The van der Waals surface area contributed by atoms with Crippen molar-refractivity contribution < 1.29 is 9.53 Å². The molecule has 0 bridgehead atoms. The lowest BCUT2D eigenvalue weighted by molar-refractivity contribution is -0.135. The van der Waals surface area contributed by atoms with Gasteiger partial charge in [0.05, 0.1) is 6.54 Å². The molecule has 0 saturated carbocycles. The van der Waals surface area contributed by atoms with Gasteiger partial charge in [0, 0.05) is 32.3 Å². The average molecular weight is 373 g/mol. The second-order valence-corrected chi connectivity index (χ2v) is 6.02. The van der Waals surface area contributed by atoms with Crippen LogP contribution in [-0.2, 0) is 9.53 Å². The van der Waals surface area contributed by atoms with Gasteiger partial charge in [-0.1, -0.05) is 12.1 Å². The number of ether oxygens (including phenoxy) is 1. The summed E-state index contributed by atoms with van der Waals surface area (Å²) in [6.45, 7) is 1.40. The van der Waals surface area contributed by atoms with Crippen LogP contribution in [0.15, 0.2) is 39.0 Å². The highest BCUT2D eigenvalue weighted by Crippen LogP contribution is 2.29. The number of hydrogen-bond donors (Lipinski definition) is 3. The molecule has 27 heavy (non-hydrogen) atoms. The second-order valence-electron chi connectivity index (χ2n) is 6.02. The SMILES string of the molecule is CC(=O)N1N=C(CNc2n[nH]c(=O)[nH]c2=O)O[C@H]1c1ccc(N(C)C)cc1. The summed E-state index contributed by atoms with van der Waals surface area (Å²) in [5.41, 5.74) is 0.396. The van der Waals surface area contributed by atoms with E-state index in [1.807, 2.05) is 48.2 Å². The number of carbonyl (C=O) groups excluding carboxylic acids is 1. The van der Waals surface area contributed by atoms with Crippen molar-refractivity contribution in [2.45, 2.75) is 13.2 Å². The van der Waals surface area contributed by atoms with Crippen LogP contribution in [0.1, 0.15) is 18.7 Å². The first-order chi connectivity index (χ1) is 12.8. The van der Waals surface area contributed by atoms with E-state index in [0.29, 0.717) is 0 Å². The fourth-order valence-corrected chi connectivity index (χ4v) is 2.46. The molecule has 1 aliphatic heterocycles. The highest BCUT2D eigenvalue weighted by molar-refractivity contribution is 5.85. The molecular formula is C16H19N7O4. The second kappa shape index (κ2) is 7.32. The lowest BCUT2D eigenvalue weighted by Gasteiger charge is -2.20. The van der Waals surface area contributed by atoms with Crippen LogP contribution in [-0.4, -0.2) is 52.6 Å². The number of anilines is 2. The van der Waals surface area contributed by atoms with E-state index in [4.69, 9.17) is 4.74 Å². The Morgan fingerprint density at radius 3 is 2.59 bits per heavy atom. The van der Waals surface area contributed by atoms with E-state index in [2.05, 4.69) is 20.6 Å². The van der Waals surface area contributed by atoms with Crippen LogP contribution in [0.5, 0.6) is 0 Å². The van der Waals surface area contributed by atoms with Crippen molar-refractivity contribution in [2.75, 3.05) is 30.9 Å². The minimum absolute atomic E-state index is 0.0121. The quantitative estimate of drug-likeness (QED) is 0.662. The molecule has 0 radical (unpaired) electrons. The Labute approximate surface area is 153 Å². The molecule has 1 atom stereocenters. The van der Waals surface area contributed by atoms with Gasteiger partial charge in [0.1, 0.15) is 0 Å². The highest BCUT2D eigenvalue weighted by atomic mass is 16.5. The minimum Gasteiger partial charge on any atom is -0.448 e. The number of H-pyrrole nitrogens is 2. The number of benzene rings is 1. The van der Waals surface area contributed by atoms with Crippen LogP contribution < -0.4 is 21.5 Å². The molecule has 142 valence electrons. The van der Waals surface area contributed by atoms with Crippen molar-refractivity contribution in [3.05, 3.63) is 50.7 Å². The van der Waals surface area contributed by atoms with Gasteiger partial charge in [-0.3, -0.25) is 14.6 Å². The van der Waals surface area contributed by atoms with Crippen molar-refractivity contribution in [3.8, 4) is 0 Å². The first kappa shape index (κ1) is 18.2. The molecule has 2 aromatic rings. The molecule has 1 aromatic carbocycles. The van der Waals surface area contributed by atoms with Gasteiger partial charge in [0.2, 0.25) is 23.9 Å². The molecule has 0 spiro atoms. The predicted molar refractivity (Wildman–Crippen MR) is 98.5 cm³/mol. The molecular weight excluding hydrogens is 354 g/mol. The fourth-order valence-electron chi connectivity index (χ4n) is 2.46. The van der Waals surface area contributed by atoms with Gasteiger partial charge in [0.15, 0.2) is 0 Å². The summed E-state index contributed by atoms with van der Waals surface area (Å²) in [5.74, 6) is -0.167. The third kappa shape index (κ3) is 3.97. The molecule has 3 N–H and O–H groups in total. The molecule has 0 unspecified atom stereocenters. The Bertz CT molecular complexity index is 977. The number of aromatic nitrogens is 3. The highest BCUT2D eigenvalue weighted by Gasteiger charge is 2.32. The van der Waals surface area contributed by atoms with Crippen molar-refractivity contribution >= 4 is 23.3 Å². The largest absolute Gasteiger partial charge is 0.448 e. The third-order valence-electron chi connectivity index (χ3n) is 3.82. The van der Waals surface area contributed by atoms with Gasteiger partial charge in [0.25, 0.3) is 5.56 Å². The summed E-state index contributed by atoms with van der Waals surface area (Å²) >= 11 is 0. The van der Waals surface area contributed by atoms with E-state index < -0.39 is 17.5 Å². The Morgan fingerprint density at radius 2 is 2.00 bits per heavy atom. The Morgan fingerprint density at radius 1 is 1.30 bits per heavy atom. The van der Waals surface area contributed by atoms with Crippen molar-refractivity contribution in [1.29, 1.82) is 0 Å². The summed E-state index contributed by atoms with van der Waals surface area (Å²) in [7, 11) is 3.87. The van der Waals surface area contributed by atoms with E-state index in [9.17, 15) is 14.4 Å². The van der Waals surface area contributed by atoms with Gasteiger partial charge in [-0.2, -0.15) is 5.01 Å². The topological polar surface area (TPSA) is 136 Å². The average Bonchev–Trinajstić information content (AvgIpc) is 3.05. The van der Waals surface area contributed by atoms with Crippen molar-refractivity contribution in [2.24, 2.45) is 5.10 Å². The van der Waals surface area contributed by atoms with Gasteiger partial charge < -0.3 is 15.0 Å². The first-order valence-electron chi connectivity index (χ1n) is 8.09. The maximum atomic E-state index is 11.9. The number of nitrogens with zero attached hydrogens (tertiary/aromatic N) is 4. The molecule has 1 amide bonds. The summed E-state index contributed by atoms with van der Waals surface area (Å²) in [6.07, 6.45) is -0.697. The Hall–Kier alpha value is -3.63. The molecule has 2 heterocycles. The summed E-state index contributed by atoms with van der Waals surface area (Å²) < 4.78 is 5.77. The molecule has 3 rings (SSSR count). The van der Waals surface area contributed by atoms with Gasteiger partial charge in [-0.25, -0.2) is 9.89 Å². The number of rotatable bonds is 5. The van der Waals surface area contributed by atoms with Gasteiger partial charge >= 0.3 is 5.69 Å². The number of hydrogen-bond acceptors (Lipinski definition) is 8. The Balaban J connectivity index is 1.74. The van der Waals surface area contributed by atoms with Crippen LogP contribution in [0.2, 0.25) is 0 Å². The zero-order valence-electron chi connectivity index (χ0n) is 15.0. The smallest absolute Gasteiger partial charge is 0.342 e.